The standard InChI is InChI=1S/C20H27NO2/c1-23-18-4-2-14(3-5-18)9-19(22)21-13-20-10-15-6-16(11-20)8-17(7-15)12-20/h2-5,15-17H,6-13H2,1H3,(H,21,22). The Labute approximate surface area is 138 Å². The third-order valence-electron chi connectivity index (χ3n) is 6.35. The van der Waals surface area contributed by atoms with Crippen LogP contribution < -0.4 is 10.1 Å². The van der Waals surface area contributed by atoms with Gasteiger partial charge in [-0.3, -0.25) is 4.79 Å². The summed E-state index contributed by atoms with van der Waals surface area (Å²) in [6.07, 6.45) is 8.89. The lowest BCUT2D eigenvalue weighted by Gasteiger charge is -2.56. The molecule has 3 nitrogen and oxygen atoms in total. The van der Waals surface area contributed by atoms with Crippen molar-refractivity contribution >= 4 is 5.91 Å². The molecule has 4 bridgehead atoms. The molecule has 0 atom stereocenters. The number of nitrogens with one attached hydrogen (secondary N) is 1. The summed E-state index contributed by atoms with van der Waals surface area (Å²) in [7, 11) is 1.66. The molecule has 0 radical (unpaired) electrons. The van der Waals surface area contributed by atoms with Crippen molar-refractivity contribution < 1.29 is 9.53 Å². The zero-order chi connectivity index (χ0) is 15.9. The molecule has 3 heteroatoms. The third-order valence-corrected chi connectivity index (χ3v) is 6.35. The van der Waals surface area contributed by atoms with Crippen molar-refractivity contribution in [1.82, 2.24) is 5.32 Å². The first-order valence-corrected chi connectivity index (χ1v) is 9.04. The molecule has 0 unspecified atom stereocenters. The van der Waals surface area contributed by atoms with Crippen LogP contribution in [0.4, 0.5) is 0 Å². The van der Waals surface area contributed by atoms with E-state index < -0.39 is 0 Å². The SMILES string of the molecule is COc1ccc(CC(=O)NCC23CC4CC(CC(C4)C2)C3)cc1. The van der Waals surface area contributed by atoms with Gasteiger partial charge in [0, 0.05) is 6.54 Å². The molecule has 1 aromatic carbocycles. The number of amides is 1. The van der Waals surface area contributed by atoms with Gasteiger partial charge in [0.05, 0.1) is 13.5 Å². The first-order valence-electron chi connectivity index (χ1n) is 9.04. The first kappa shape index (κ1) is 15.0. The number of hydrogen-bond acceptors (Lipinski definition) is 2. The fourth-order valence-corrected chi connectivity index (χ4v) is 5.78. The zero-order valence-corrected chi connectivity index (χ0v) is 14.0. The Balaban J connectivity index is 1.32. The van der Waals surface area contributed by atoms with E-state index in [9.17, 15) is 4.79 Å². The average molecular weight is 313 g/mol. The fourth-order valence-electron chi connectivity index (χ4n) is 5.78. The second-order valence-corrected chi connectivity index (χ2v) is 8.22. The number of carbonyl (C=O) groups excluding carboxylic acids is 1. The van der Waals surface area contributed by atoms with Crippen LogP contribution in [0.1, 0.15) is 44.1 Å². The highest BCUT2D eigenvalue weighted by Gasteiger charge is 2.50. The van der Waals surface area contributed by atoms with Crippen molar-refractivity contribution in [3.8, 4) is 5.75 Å². The molecular formula is C20H27NO2. The molecule has 4 aliphatic rings. The van der Waals surface area contributed by atoms with E-state index in [-0.39, 0.29) is 5.91 Å². The highest BCUT2D eigenvalue weighted by Crippen LogP contribution is 2.59. The molecule has 0 aliphatic heterocycles. The van der Waals surface area contributed by atoms with Gasteiger partial charge in [0.15, 0.2) is 0 Å². The van der Waals surface area contributed by atoms with Gasteiger partial charge in [-0.15, -0.1) is 0 Å². The predicted octanol–water partition coefficient (Wildman–Crippen LogP) is 3.57. The molecule has 4 saturated carbocycles. The van der Waals surface area contributed by atoms with Gasteiger partial charge in [-0.05, 0) is 79.4 Å². The van der Waals surface area contributed by atoms with E-state index in [1.807, 2.05) is 24.3 Å². The molecule has 1 amide bonds. The zero-order valence-electron chi connectivity index (χ0n) is 14.0. The summed E-state index contributed by atoms with van der Waals surface area (Å²) in [5.41, 5.74) is 1.47. The number of carbonyl (C=O) groups is 1. The first-order chi connectivity index (χ1) is 11.1. The van der Waals surface area contributed by atoms with Gasteiger partial charge in [0.25, 0.3) is 0 Å². The molecule has 0 spiro atoms. The van der Waals surface area contributed by atoms with Crippen molar-refractivity contribution in [2.45, 2.75) is 44.9 Å². The summed E-state index contributed by atoms with van der Waals surface area (Å²) >= 11 is 0. The van der Waals surface area contributed by atoms with Crippen molar-refractivity contribution in [1.29, 1.82) is 0 Å². The largest absolute Gasteiger partial charge is 0.497 e. The van der Waals surface area contributed by atoms with Crippen LogP contribution in [-0.4, -0.2) is 19.6 Å². The topological polar surface area (TPSA) is 38.3 Å². The highest BCUT2D eigenvalue weighted by molar-refractivity contribution is 5.78. The van der Waals surface area contributed by atoms with Crippen LogP contribution in [0.3, 0.4) is 0 Å². The summed E-state index contributed by atoms with van der Waals surface area (Å²) in [5, 5.41) is 3.25. The van der Waals surface area contributed by atoms with Gasteiger partial charge < -0.3 is 10.1 Å². The van der Waals surface area contributed by atoms with Crippen LogP contribution in [0.5, 0.6) is 5.75 Å². The van der Waals surface area contributed by atoms with Gasteiger partial charge in [0.1, 0.15) is 5.75 Å². The Hall–Kier alpha value is -1.51. The smallest absolute Gasteiger partial charge is 0.224 e. The second-order valence-electron chi connectivity index (χ2n) is 8.22. The van der Waals surface area contributed by atoms with Gasteiger partial charge in [-0.25, -0.2) is 0 Å². The van der Waals surface area contributed by atoms with Crippen molar-refractivity contribution in [3.05, 3.63) is 29.8 Å². The van der Waals surface area contributed by atoms with Crippen LogP contribution in [-0.2, 0) is 11.2 Å². The van der Waals surface area contributed by atoms with Gasteiger partial charge in [-0.1, -0.05) is 12.1 Å². The normalized spacial score (nSPS) is 34.4. The Morgan fingerprint density at radius 3 is 2.17 bits per heavy atom. The van der Waals surface area contributed by atoms with E-state index in [0.29, 0.717) is 11.8 Å². The van der Waals surface area contributed by atoms with Crippen LogP contribution in [0.2, 0.25) is 0 Å². The maximum atomic E-state index is 12.3. The summed E-state index contributed by atoms with van der Waals surface area (Å²) in [6, 6.07) is 7.79. The summed E-state index contributed by atoms with van der Waals surface area (Å²) in [5.74, 6) is 3.83. The van der Waals surface area contributed by atoms with Gasteiger partial charge >= 0.3 is 0 Å². The molecule has 23 heavy (non-hydrogen) atoms. The molecule has 1 N–H and O–H groups in total. The lowest BCUT2D eigenvalue weighted by molar-refractivity contribution is -0.122. The highest BCUT2D eigenvalue weighted by atomic mass is 16.5. The summed E-state index contributed by atoms with van der Waals surface area (Å²) < 4.78 is 5.16. The predicted molar refractivity (Wildman–Crippen MR) is 90.3 cm³/mol. The Morgan fingerprint density at radius 1 is 1.09 bits per heavy atom. The molecule has 1 aromatic rings. The lowest BCUT2D eigenvalue weighted by atomic mass is 9.49. The van der Waals surface area contributed by atoms with E-state index in [1.54, 1.807) is 7.11 Å². The number of methoxy groups -OCH3 is 1. The maximum absolute atomic E-state index is 12.3. The van der Waals surface area contributed by atoms with Crippen LogP contribution in [0.25, 0.3) is 0 Å². The minimum atomic E-state index is 0.158. The van der Waals surface area contributed by atoms with Crippen molar-refractivity contribution in [2.24, 2.45) is 23.2 Å². The fraction of sp³-hybridized carbons (Fsp3) is 0.650. The van der Waals surface area contributed by atoms with Gasteiger partial charge in [-0.2, -0.15) is 0 Å². The molecule has 4 fully saturated rings. The molecule has 0 saturated heterocycles. The van der Waals surface area contributed by atoms with E-state index in [4.69, 9.17) is 4.74 Å². The van der Waals surface area contributed by atoms with E-state index >= 15 is 0 Å². The van der Waals surface area contributed by atoms with E-state index in [2.05, 4.69) is 5.32 Å². The van der Waals surface area contributed by atoms with Gasteiger partial charge in [0.2, 0.25) is 5.91 Å². The lowest BCUT2D eigenvalue weighted by Crippen LogP contribution is -2.51. The number of hydrogen-bond donors (Lipinski definition) is 1. The Bertz CT molecular complexity index is 543. The minimum Gasteiger partial charge on any atom is -0.497 e. The number of ether oxygens (including phenoxy) is 1. The van der Waals surface area contributed by atoms with Crippen LogP contribution in [0.15, 0.2) is 24.3 Å². The van der Waals surface area contributed by atoms with Crippen LogP contribution in [0, 0.1) is 23.2 Å². The molecule has 4 aliphatic carbocycles. The molecule has 0 aromatic heterocycles. The van der Waals surface area contributed by atoms with Crippen LogP contribution >= 0.6 is 0 Å². The molecule has 0 heterocycles. The van der Waals surface area contributed by atoms with E-state index in [1.165, 1.54) is 38.5 Å². The van der Waals surface area contributed by atoms with E-state index in [0.717, 1.165) is 35.6 Å². The Kier molecular flexibility index (Phi) is 3.82. The maximum Gasteiger partial charge on any atom is 0.224 e. The average Bonchev–Trinajstić information content (AvgIpc) is 2.53. The summed E-state index contributed by atoms with van der Waals surface area (Å²) in [4.78, 5) is 12.3. The molecule has 5 rings (SSSR count). The molecular weight excluding hydrogens is 286 g/mol. The van der Waals surface area contributed by atoms with Crippen molar-refractivity contribution in [3.63, 3.8) is 0 Å². The number of rotatable bonds is 5. The number of benzene rings is 1. The quantitative estimate of drug-likeness (QED) is 0.902. The monoisotopic (exact) mass is 313 g/mol. The second kappa shape index (κ2) is 5.85. The minimum absolute atomic E-state index is 0.158. The molecule has 124 valence electrons. The summed E-state index contributed by atoms with van der Waals surface area (Å²) in [6.45, 7) is 0.894. The van der Waals surface area contributed by atoms with Crippen molar-refractivity contribution in [2.75, 3.05) is 13.7 Å². The Morgan fingerprint density at radius 2 is 1.65 bits per heavy atom. The third kappa shape index (κ3) is 3.11.